The van der Waals surface area contributed by atoms with Gasteiger partial charge >= 0.3 is 0 Å². The Morgan fingerprint density at radius 3 is 2.30 bits per heavy atom. The van der Waals surface area contributed by atoms with E-state index < -0.39 is 17.4 Å². The Morgan fingerprint density at radius 2 is 1.55 bits per heavy atom. The molecule has 1 saturated carbocycles. The first-order chi connectivity index (χ1) is 16.1. The predicted molar refractivity (Wildman–Crippen MR) is 124 cm³/mol. The van der Waals surface area contributed by atoms with Crippen LogP contribution in [0.5, 0.6) is 0 Å². The number of fused-ring (bicyclic) bond motifs is 4. The lowest BCUT2D eigenvalue weighted by Gasteiger charge is -2.32. The number of anilines is 1. The number of nitrogens with one attached hydrogen (secondary N) is 2. The highest BCUT2D eigenvalue weighted by Gasteiger charge is 2.70. The lowest BCUT2D eigenvalue weighted by molar-refractivity contribution is -0.145. The molecule has 2 N–H and O–H groups in total. The molecule has 2 aromatic rings. The van der Waals surface area contributed by atoms with E-state index in [4.69, 9.17) is 0 Å². The van der Waals surface area contributed by atoms with Gasteiger partial charge in [-0.1, -0.05) is 74.2 Å². The van der Waals surface area contributed by atoms with Crippen LogP contribution < -0.4 is 10.6 Å². The van der Waals surface area contributed by atoms with Crippen LogP contribution in [0.15, 0.2) is 54.6 Å². The minimum atomic E-state index is -1.20. The maximum absolute atomic E-state index is 14.0. The molecule has 2 aromatic carbocycles. The van der Waals surface area contributed by atoms with Crippen LogP contribution in [0.1, 0.15) is 49.7 Å². The van der Waals surface area contributed by atoms with Gasteiger partial charge in [-0.2, -0.15) is 0 Å². The zero-order valence-corrected chi connectivity index (χ0v) is 18.6. The Morgan fingerprint density at radius 1 is 0.848 bits per heavy atom. The summed E-state index contributed by atoms with van der Waals surface area (Å²) in [5, 5.41) is 6.52. The maximum Gasteiger partial charge on any atom is 0.250 e. The van der Waals surface area contributed by atoms with E-state index in [1.165, 1.54) is 0 Å². The van der Waals surface area contributed by atoms with Gasteiger partial charge in [-0.15, -0.1) is 0 Å². The summed E-state index contributed by atoms with van der Waals surface area (Å²) in [7, 11) is 0. The third kappa shape index (κ3) is 3.00. The Hall–Kier alpha value is -2.99. The largest absolute Gasteiger partial charge is 0.324 e. The van der Waals surface area contributed by atoms with Crippen molar-refractivity contribution in [3.8, 4) is 0 Å². The minimum Gasteiger partial charge on any atom is -0.324 e. The van der Waals surface area contributed by atoms with E-state index in [2.05, 4.69) is 10.6 Å². The number of imide groups is 1. The average Bonchev–Trinajstić information content (AvgIpc) is 3.28. The molecule has 3 aliphatic heterocycles. The van der Waals surface area contributed by atoms with Gasteiger partial charge in [0.1, 0.15) is 5.54 Å². The molecular weight excluding hydrogens is 414 g/mol. The fourth-order valence-electron chi connectivity index (χ4n) is 6.70. The fourth-order valence-corrected chi connectivity index (χ4v) is 6.70. The number of hydrogen-bond donors (Lipinski definition) is 2. The Bertz CT molecular complexity index is 1110. The second-order valence-corrected chi connectivity index (χ2v) is 9.94. The van der Waals surface area contributed by atoms with Gasteiger partial charge in [0.2, 0.25) is 17.7 Å². The highest BCUT2D eigenvalue weighted by atomic mass is 16.2. The molecular formula is C27H29N3O3. The standard InChI is InChI=1S/C27H29N3O3/c31-24-22-21(16-17-10-4-3-5-11-17)29-27(19-14-8-9-15-20(19)28-26(27)33)23(22)25(32)30(24)18-12-6-1-2-7-13-18/h3-5,8-11,14-15,18,21-23,29H,1-2,6-7,12-13,16H2,(H,28,33). The quantitative estimate of drug-likeness (QED) is 0.563. The van der Waals surface area contributed by atoms with Gasteiger partial charge in [0, 0.05) is 23.3 Å². The van der Waals surface area contributed by atoms with E-state index in [-0.39, 0.29) is 29.8 Å². The van der Waals surface area contributed by atoms with Crippen molar-refractivity contribution in [3.63, 3.8) is 0 Å². The molecule has 1 spiro atoms. The van der Waals surface area contributed by atoms with Crippen LogP contribution in [0.2, 0.25) is 0 Å². The topological polar surface area (TPSA) is 78.5 Å². The van der Waals surface area contributed by atoms with Crippen molar-refractivity contribution in [2.75, 3.05) is 5.32 Å². The van der Waals surface area contributed by atoms with E-state index in [0.717, 1.165) is 55.3 Å². The molecule has 4 aliphatic rings. The summed E-state index contributed by atoms with van der Waals surface area (Å²) in [6, 6.07) is 17.2. The normalized spacial score (nSPS) is 31.6. The first-order valence-corrected chi connectivity index (χ1v) is 12.2. The van der Waals surface area contributed by atoms with Crippen molar-refractivity contribution >= 4 is 23.4 Å². The molecule has 6 heteroatoms. The van der Waals surface area contributed by atoms with Crippen LogP contribution in [0.25, 0.3) is 0 Å². The van der Waals surface area contributed by atoms with Gasteiger partial charge in [0.05, 0.1) is 11.8 Å². The second kappa shape index (κ2) is 7.80. The van der Waals surface area contributed by atoms with Crippen molar-refractivity contribution in [1.29, 1.82) is 0 Å². The highest BCUT2D eigenvalue weighted by molar-refractivity contribution is 6.15. The monoisotopic (exact) mass is 443 g/mol. The summed E-state index contributed by atoms with van der Waals surface area (Å²) < 4.78 is 0. The Kier molecular flexibility index (Phi) is 4.87. The van der Waals surface area contributed by atoms with Gasteiger partial charge in [-0.25, -0.2) is 0 Å². The summed E-state index contributed by atoms with van der Waals surface area (Å²) in [5.74, 6) is -1.76. The van der Waals surface area contributed by atoms with Crippen molar-refractivity contribution in [2.45, 2.75) is 62.6 Å². The van der Waals surface area contributed by atoms with Gasteiger partial charge in [0.25, 0.3) is 0 Å². The number of carbonyl (C=O) groups excluding carboxylic acids is 3. The molecule has 0 bridgehead atoms. The molecule has 2 saturated heterocycles. The molecule has 1 aliphatic carbocycles. The summed E-state index contributed by atoms with van der Waals surface area (Å²) >= 11 is 0. The summed E-state index contributed by atoms with van der Waals surface area (Å²) in [4.78, 5) is 43.0. The van der Waals surface area contributed by atoms with Crippen molar-refractivity contribution < 1.29 is 14.4 Å². The van der Waals surface area contributed by atoms with Gasteiger partial charge in [-0.3, -0.25) is 24.6 Å². The minimum absolute atomic E-state index is 0.0489. The number of rotatable bonds is 3. The zero-order chi connectivity index (χ0) is 22.6. The molecule has 3 heterocycles. The Balaban J connectivity index is 1.45. The first-order valence-electron chi connectivity index (χ1n) is 12.2. The van der Waals surface area contributed by atoms with Crippen LogP contribution in [-0.4, -0.2) is 34.7 Å². The van der Waals surface area contributed by atoms with Crippen molar-refractivity contribution in [3.05, 3.63) is 65.7 Å². The molecule has 4 unspecified atom stereocenters. The van der Waals surface area contributed by atoms with Gasteiger partial charge in [-0.05, 0) is 30.9 Å². The number of likely N-dealkylation sites (tertiary alicyclic amines) is 1. The molecule has 6 nitrogen and oxygen atoms in total. The fraction of sp³-hybridized carbons (Fsp3) is 0.444. The molecule has 0 aromatic heterocycles. The van der Waals surface area contributed by atoms with Crippen LogP contribution in [0.4, 0.5) is 5.69 Å². The lowest BCUT2D eigenvalue weighted by Crippen LogP contribution is -2.54. The number of nitrogens with zero attached hydrogens (tertiary/aromatic N) is 1. The van der Waals surface area contributed by atoms with Crippen molar-refractivity contribution in [1.82, 2.24) is 10.2 Å². The molecule has 3 amide bonds. The molecule has 170 valence electrons. The molecule has 3 fully saturated rings. The number of hydrogen-bond acceptors (Lipinski definition) is 4. The van der Waals surface area contributed by atoms with E-state index in [9.17, 15) is 14.4 Å². The zero-order valence-electron chi connectivity index (χ0n) is 18.6. The predicted octanol–water partition coefficient (Wildman–Crippen LogP) is 3.37. The summed E-state index contributed by atoms with van der Waals surface area (Å²) in [6.07, 6.45) is 6.70. The van der Waals surface area contributed by atoms with Crippen LogP contribution in [0, 0.1) is 11.8 Å². The van der Waals surface area contributed by atoms with Crippen molar-refractivity contribution in [2.24, 2.45) is 11.8 Å². The number of carbonyl (C=O) groups is 3. The second-order valence-electron chi connectivity index (χ2n) is 9.94. The molecule has 6 rings (SSSR count). The van der Waals surface area contributed by atoms with E-state index in [1.807, 2.05) is 54.6 Å². The number of para-hydroxylation sites is 1. The number of benzene rings is 2. The third-order valence-corrected chi connectivity index (χ3v) is 8.14. The van der Waals surface area contributed by atoms with Gasteiger partial charge in [0.15, 0.2) is 0 Å². The van der Waals surface area contributed by atoms with Crippen LogP contribution in [-0.2, 0) is 26.3 Å². The smallest absolute Gasteiger partial charge is 0.250 e. The van der Waals surface area contributed by atoms with E-state index in [0.29, 0.717) is 6.42 Å². The van der Waals surface area contributed by atoms with E-state index >= 15 is 0 Å². The van der Waals surface area contributed by atoms with Gasteiger partial charge < -0.3 is 5.32 Å². The molecule has 33 heavy (non-hydrogen) atoms. The maximum atomic E-state index is 14.0. The lowest BCUT2D eigenvalue weighted by atomic mass is 9.76. The third-order valence-electron chi connectivity index (χ3n) is 8.14. The Labute approximate surface area is 193 Å². The average molecular weight is 444 g/mol. The number of amides is 3. The SMILES string of the molecule is O=C1C2C(Cc3ccccc3)NC3(C(=O)Nc4ccccc43)C2C(=O)N1C1CCCCCC1. The first kappa shape index (κ1) is 20.6. The van der Waals surface area contributed by atoms with Crippen LogP contribution in [0.3, 0.4) is 0 Å². The highest BCUT2D eigenvalue weighted by Crippen LogP contribution is 2.53. The summed E-state index contributed by atoms with van der Waals surface area (Å²) in [6.45, 7) is 0. The van der Waals surface area contributed by atoms with E-state index in [1.54, 1.807) is 4.90 Å². The molecule has 0 radical (unpaired) electrons. The molecule has 4 atom stereocenters. The summed E-state index contributed by atoms with van der Waals surface area (Å²) in [5.41, 5.74) is 1.39. The van der Waals surface area contributed by atoms with Crippen LogP contribution >= 0.6 is 0 Å².